The topological polar surface area (TPSA) is 149 Å². The third-order valence-corrected chi connectivity index (χ3v) is 3.37. The van der Waals surface area contributed by atoms with Gasteiger partial charge in [0.2, 0.25) is 0 Å². The summed E-state index contributed by atoms with van der Waals surface area (Å²) in [6.07, 6.45) is 0. The molecule has 0 aliphatic carbocycles. The number of rotatable bonds is 3. The molecule has 0 unspecified atom stereocenters. The molecule has 0 aliphatic rings. The van der Waals surface area contributed by atoms with E-state index in [1.165, 1.54) is 0 Å². The van der Waals surface area contributed by atoms with Crippen molar-refractivity contribution < 1.29 is 65.4 Å². The SMILES string of the molecule is O=C([O-])c1cc(S(=O)(=O)O)cc(S(=O)(=O)O)c1.[Na+]. The summed E-state index contributed by atoms with van der Waals surface area (Å²) in [5.41, 5.74) is -0.812. The van der Waals surface area contributed by atoms with Crippen molar-refractivity contribution in [1.29, 1.82) is 0 Å². The van der Waals surface area contributed by atoms with Crippen LogP contribution in [0.15, 0.2) is 28.0 Å². The first-order chi connectivity index (χ1) is 7.51. The Labute approximate surface area is 124 Å². The molecule has 0 spiro atoms. The van der Waals surface area contributed by atoms with Crippen LogP contribution < -0.4 is 34.7 Å². The monoisotopic (exact) mass is 304 g/mol. The van der Waals surface area contributed by atoms with E-state index >= 15 is 0 Å². The zero-order valence-electron chi connectivity index (χ0n) is 8.89. The van der Waals surface area contributed by atoms with E-state index in [-0.39, 0.29) is 29.6 Å². The summed E-state index contributed by atoms with van der Waals surface area (Å²) in [7, 11) is -9.62. The summed E-state index contributed by atoms with van der Waals surface area (Å²) in [6.45, 7) is 0. The van der Waals surface area contributed by atoms with E-state index in [2.05, 4.69) is 0 Å². The molecule has 0 amide bonds. The van der Waals surface area contributed by atoms with Crippen LogP contribution in [0.25, 0.3) is 0 Å². The van der Waals surface area contributed by atoms with Crippen LogP contribution in [-0.2, 0) is 20.2 Å². The number of carbonyl (C=O) groups excluding carboxylic acids is 1. The minimum Gasteiger partial charge on any atom is -0.545 e. The molecule has 11 heteroatoms. The molecule has 8 nitrogen and oxygen atoms in total. The molecule has 0 radical (unpaired) electrons. The van der Waals surface area contributed by atoms with E-state index in [0.29, 0.717) is 18.2 Å². The van der Waals surface area contributed by atoms with Crippen LogP contribution in [0.1, 0.15) is 10.4 Å². The van der Waals surface area contributed by atoms with Gasteiger partial charge < -0.3 is 9.90 Å². The van der Waals surface area contributed by atoms with Gasteiger partial charge in [0.05, 0.1) is 15.8 Å². The average molecular weight is 304 g/mol. The molecule has 0 bridgehead atoms. The van der Waals surface area contributed by atoms with Crippen LogP contribution in [-0.4, -0.2) is 31.9 Å². The number of carbonyl (C=O) groups is 1. The summed E-state index contributed by atoms with van der Waals surface area (Å²) < 4.78 is 60.3. The van der Waals surface area contributed by atoms with Gasteiger partial charge in [0.25, 0.3) is 20.2 Å². The predicted octanol–water partition coefficient (Wildman–Crippen LogP) is -4.45. The molecule has 18 heavy (non-hydrogen) atoms. The number of carboxylic acid groups (broad SMARTS) is 1. The molecule has 0 saturated heterocycles. The molecule has 0 saturated carbocycles. The number of hydrogen-bond acceptors (Lipinski definition) is 6. The van der Waals surface area contributed by atoms with E-state index in [1.54, 1.807) is 0 Å². The molecular formula is C7H5NaO8S2. The second-order valence-corrected chi connectivity index (χ2v) is 5.77. The van der Waals surface area contributed by atoms with Crippen LogP contribution in [0.4, 0.5) is 0 Å². The first-order valence-electron chi connectivity index (χ1n) is 3.83. The van der Waals surface area contributed by atoms with Gasteiger partial charge in [-0.15, -0.1) is 0 Å². The maximum Gasteiger partial charge on any atom is 1.00 e. The second kappa shape index (κ2) is 5.65. The van der Waals surface area contributed by atoms with Crippen molar-refractivity contribution in [1.82, 2.24) is 0 Å². The van der Waals surface area contributed by atoms with Crippen molar-refractivity contribution in [2.75, 3.05) is 0 Å². The Morgan fingerprint density at radius 2 is 1.28 bits per heavy atom. The van der Waals surface area contributed by atoms with Crippen LogP contribution in [0, 0.1) is 0 Å². The van der Waals surface area contributed by atoms with Gasteiger partial charge in [-0.3, -0.25) is 9.11 Å². The summed E-state index contributed by atoms with van der Waals surface area (Å²) >= 11 is 0. The third kappa shape index (κ3) is 4.31. The van der Waals surface area contributed by atoms with Crippen molar-refractivity contribution in [2.45, 2.75) is 9.79 Å². The molecule has 0 fully saturated rings. The summed E-state index contributed by atoms with van der Waals surface area (Å²) in [5, 5.41) is 10.5. The van der Waals surface area contributed by atoms with E-state index < -0.39 is 41.6 Å². The summed E-state index contributed by atoms with van der Waals surface area (Å²) in [5.74, 6) is -1.86. The van der Waals surface area contributed by atoms with Gasteiger partial charge in [-0.05, 0) is 23.8 Å². The normalized spacial score (nSPS) is 11.7. The fourth-order valence-electron chi connectivity index (χ4n) is 0.987. The Bertz CT molecular complexity index is 625. The van der Waals surface area contributed by atoms with Crippen molar-refractivity contribution in [3.05, 3.63) is 23.8 Å². The first kappa shape index (κ1) is 17.5. The quantitative estimate of drug-likeness (QED) is 0.419. The van der Waals surface area contributed by atoms with Crippen LogP contribution >= 0.6 is 0 Å². The van der Waals surface area contributed by atoms with Crippen molar-refractivity contribution in [3.63, 3.8) is 0 Å². The zero-order valence-corrected chi connectivity index (χ0v) is 12.5. The number of benzene rings is 1. The van der Waals surface area contributed by atoms with E-state index in [1.807, 2.05) is 0 Å². The van der Waals surface area contributed by atoms with E-state index in [9.17, 15) is 26.7 Å². The number of hydrogen-bond donors (Lipinski definition) is 2. The number of carboxylic acids is 1. The smallest absolute Gasteiger partial charge is 0.545 e. The maximum absolute atomic E-state index is 10.8. The number of aromatic carboxylic acids is 1. The van der Waals surface area contributed by atoms with Crippen LogP contribution in [0.5, 0.6) is 0 Å². The van der Waals surface area contributed by atoms with Crippen LogP contribution in [0.3, 0.4) is 0 Å². The largest absolute Gasteiger partial charge is 1.00 e. The second-order valence-electron chi connectivity index (χ2n) is 2.93. The molecule has 1 aromatic carbocycles. The average Bonchev–Trinajstić information content (AvgIpc) is 2.14. The minimum absolute atomic E-state index is 0. The van der Waals surface area contributed by atoms with Gasteiger partial charge in [0, 0.05) is 0 Å². The van der Waals surface area contributed by atoms with Gasteiger partial charge in [-0.1, -0.05) is 0 Å². The van der Waals surface area contributed by atoms with Gasteiger partial charge in [0.1, 0.15) is 0 Å². The molecule has 0 heterocycles. The molecule has 0 atom stereocenters. The summed E-state index contributed by atoms with van der Waals surface area (Å²) in [4.78, 5) is 8.54. The Hall–Kier alpha value is -0.490. The van der Waals surface area contributed by atoms with Gasteiger partial charge in [0.15, 0.2) is 0 Å². The third-order valence-electron chi connectivity index (χ3n) is 1.71. The van der Waals surface area contributed by atoms with E-state index in [4.69, 9.17) is 9.11 Å². The molecule has 1 rings (SSSR count). The zero-order chi connectivity index (χ0) is 13.4. The van der Waals surface area contributed by atoms with Gasteiger partial charge in [-0.25, -0.2) is 0 Å². The van der Waals surface area contributed by atoms with Crippen molar-refractivity contribution >= 4 is 26.2 Å². The standard InChI is InChI=1S/C7H6O8S2.Na/c8-7(9)4-1-5(16(10,11)12)3-6(2-4)17(13,14)15;/h1-3H,(H,8,9)(H,10,11,12)(H,13,14,15);/q;+1/p-1. The van der Waals surface area contributed by atoms with Crippen molar-refractivity contribution in [3.8, 4) is 0 Å². The fraction of sp³-hybridized carbons (Fsp3) is 0. The minimum atomic E-state index is -4.81. The van der Waals surface area contributed by atoms with E-state index in [0.717, 1.165) is 0 Å². The Morgan fingerprint density at radius 3 is 1.50 bits per heavy atom. The molecule has 0 aliphatic heterocycles. The molecular weight excluding hydrogens is 299 g/mol. The first-order valence-corrected chi connectivity index (χ1v) is 6.71. The fourth-order valence-corrected chi connectivity index (χ4v) is 2.17. The maximum atomic E-state index is 10.8. The van der Waals surface area contributed by atoms with Gasteiger partial charge >= 0.3 is 29.6 Å². The summed E-state index contributed by atoms with van der Waals surface area (Å²) in [6, 6.07) is 1.41. The molecule has 2 N–H and O–H groups in total. The molecule has 0 aromatic heterocycles. The molecule has 94 valence electrons. The Morgan fingerprint density at radius 1 is 0.944 bits per heavy atom. The predicted molar refractivity (Wildman–Crippen MR) is 50.4 cm³/mol. The molecule has 1 aromatic rings. The Kier molecular flexibility index (Phi) is 5.50. The van der Waals surface area contributed by atoms with Crippen LogP contribution in [0.2, 0.25) is 0 Å². The Balaban J connectivity index is 0.00000289. The van der Waals surface area contributed by atoms with Gasteiger partial charge in [-0.2, -0.15) is 16.8 Å². The van der Waals surface area contributed by atoms with Crippen molar-refractivity contribution in [2.24, 2.45) is 0 Å².